The largest absolute Gasteiger partial charge is 0.320 e. The Morgan fingerprint density at radius 1 is 1.43 bits per heavy atom. The predicted octanol–water partition coefficient (Wildman–Crippen LogP) is 2.71. The van der Waals surface area contributed by atoms with Gasteiger partial charge in [-0.3, -0.25) is 10.1 Å². The van der Waals surface area contributed by atoms with E-state index in [-0.39, 0.29) is 24.1 Å². The summed E-state index contributed by atoms with van der Waals surface area (Å²) in [5.41, 5.74) is 6.33. The predicted molar refractivity (Wildman–Crippen MR) is 96.0 cm³/mol. The number of nitrogens with zero attached hydrogens (tertiary/aromatic N) is 2. The van der Waals surface area contributed by atoms with Gasteiger partial charge in [-0.15, -0.1) is 22.6 Å². The van der Waals surface area contributed by atoms with Gasteiger partial charge in [-0.2, -0.15) is 11.8 Å². The Morgan fingerprint density at radius 3 is 2.87 bits per heavy atom. The number of anilines is 1. The minimum Gasteiger partial charge on any atom is -0.320 e. The van der Waals surface area contributed by atoms with Crippen molar-refractivity contribution in [1.82, 2.24) is 10.2 Å². The molecule has 2 rings (SSSR count). The number of nitrogens with one attached hydrogen (secondary N) is 1. The van der Waals surface area contributed by atoms with Crippen molar-refractivity contribution in [3.8, 4) is 0 Å². The number of amides is 1. The van der Waals surface area contributed by atoms with E-state index in [0.29, 0.717) is 28.5 Å². The lowest BCUT2D eigenvalue weighted by atomic mass is 10.1. The van der Waals surface area contributed by atoms with Gasteiger partial charge in [-0.25, -0.2) is 4.39 Å². The second kappa shape index (κ2) is 9.82. The summed E-state index contributed by atoms with van der Waals surface area (Å²) in [7, 11) is 0. The average molecular weight is 377 g/mol. The normalized spacial score (nSPS) is 11.6. The summed E-state index contributed by atoms with van der Waals surface area (Å²) in [4.78, 5) is 11.9. The Hall–Kier alpha value is -1.22. The maximum absolute atomic E-state index is 13.6. The summed E-state index contributed by atoms with van der Waals surface area (Å²) >= 11 is 2.86. The SMILES string of the molecule is CSCC[C@H](N)C(=O)Nc1nnc(Cc2ccccc2F)s1.Cl. The molecule has 0 saturated carbocycles. The minimum atomic E-state index is -0.564. The first-order valence-corrected chi connectivity index (χ1v) is 8.92. The summed E-state index contributed by atoms with van der Waals surface area (Å²) in [5.74, 6) is 0.272. The molecule has 0 aliphatic rings. The Bertz CT molecular complexity index is 641. The molecule has 1 aromatic carbocycles. The first kappa shape index (κ1) is 19.8. The van der Waals surface area contributed by atoms with Crippen LogP contribution in [0.5, 0.6) is 0 Å². The lowest BCUT2D eigenvalue weighted by Gasteiger charge is -2.08. The maximum atomic E-state index is 13.6. The van der Waals surface area contributed by atoms with Crippen molar-refractivity contribution >= 4 is 46.5 Å². The van der Waals surface area contributed by atoms with E-state index in [1.54, 1.807) is 30.0 Å². The van der Waals surface area contributed by atoms with Gasteiger partial charge in [0.1, 0.15) is 10.8 Å². The smallest absolute Gasteiger partial charge is 0.243 e. The van der Waals surface area contributed by atoms with Crippen molar-refractivity contribution in [2.24, 2.45) is 5.73 Å². The Balaban J connectivity index is 0.00000264. The summed E-state index contributed by atoms with van der Waals surface area (Å²) in [5, 5.41) is 11.5. The van der Waals surface area contributed by atoms with E-state index in [1.165, 1.54) is 17.4 Å². The van der Waals surface area contributed by atoms with Crippen LogP contribution in [-0.2, 0) is 11.2 Å². The molecule has 1 amide bonds. The zero-order chi connectivity index (χ0) is 15.9. The fourth-order valence-electron chi connectivity index (χ4n) is 1.75. The second-order valence-electron chi connectivity index (χ2n) is 4.65. The molecule has 1 atom stereocenters. The van der Waals surface area contributed by atoms with Crippen molar-refractivity contribution in [1.29, 1.82) is 0 Å². The number of hydrogen-bond donors (Lipinski definition) is 2. The highest BCUT2D eigenvalue weighted by molar-refractivity contribution is 7.98. The molecule has 0 aliphatic carbocycles. The molecule has 3 N–H and O–H groups in total. The molecule has 0 unspecified atom stereocenters. The average Bonchev–Trinajstić information content (AvgIpc) is 2.94. The van der Waals surface area contributed by atoms with Crippen molar-refractivity contribution in [3.05, 3.63) is 40.7 Å². The topological polar surface area (TPSA) is 80.9 Å². The van der Waals surface area contributed by atoms with Gasteiger partial charge in [0, 0.05) is 6.42 Å². The van der Waals surface area contributed by atoms with Crippen molar-refractivity contribution in [2.75, 3.05) is 17.3 Å². The van der Waals surface area contributed by atoms with Gasteiger partial charge in [-0.05, 0) is 30.1 Å². The molecule has 0 fully saturated rings. The molecule has 0 saturated heterocycles. The number of rotatable bonds is 7. The zero-order valence-corrected chi connectivity index (χ0v) is 14.9. The van der Waals surface area contributed by atoms with Gasteiger partial charge < -0.3 is 5.73 Å². The molecule has 9 heteroatoms. The molecule has 1 heterocycles. The first-order chi connectivity index (χ1) is 10.6. The van der Waals surface area contributed by atoms with Gasteiger partial charge in [0.2, 0.25) is 11.0 Å². The van der Waals surface area contributed by atoms with E-state index in [0.717, 1.165) is 5.75 Å². The number of carbonyl (C=O) groups is 1. The summed E-state index contributed by atoms with van der Waals surface area (Å²) in [6.45, 7) is 0. The molecule has 23 heavy (non-hydrogen) atoms. The zero-order valence-electron chi connectivity index (χ0n) is 12.5. The number of nitrogens with two attached hydrogens (primary N) is 1. The van der Waals surface area contributed by atoms with Crippen molar-refractivity contribution in [3.63, 3.8) is 0 Å². The van der Waals surface area contributed by atoms with E-state index in [1.807, 2.05) is 6.26 Å². The van der Waals surface area contributed by atoms with Crippen LogP contribution in [0.3, 0.4) is 0 Å². The lowest BCUT2D eigenvalue weighted by molar-refractivity contribution is -0.117. The van der Waals surface area contributed by atoms with Crippen LogP contribution in [-0.4, -0.2) is 34.2 Å². The van der Waals surface area contributed by atoms with Gasteiger partial charge in [-0.1, -0.05) is 29.5 Å². The van der Waals surface area contributed by atoms with E-state index in [4.69, 9.17) is 5.73 Å². The molecule has 0 radical (unpaired) electrons. The van der Waals surface area contributed by atoms with Gasteiger partial charge >= 0.3 is 0 Å². The van der Waals surface area contributed by atoms with Crippen LogP contribution in [0.1, 0.15) is 17.0 Å². The highest BCUT2D eigenvalue weighted by Gasteiger charge is 2.15. The number of carbonyl (C=O) groups excluding carboxylic acids is 1. The molecular formula is C14H18ClFN4OS2. The van der Waals surface area contributed by atoms with Crippen LogP contribution in [0.2, 0.25) is 0 Å². The highest BCUT2D eigenvalue weighted by atomic mass is 35.5. The van der Waals surface area contributed by atoms with Crippen LogP contribution in [0.25, 0.3) is 0 Å². The molecule has 0 aliphatic heterocycles. The molecule has 0 spiro atoms. The van der Waals surface area contributed by atoms with Crippen LogP contribution < -0.4 is 11.1 Å². The molecule has 2 aromatic rings. The summed E-state index contributed by atoms with van der Waals surface area (Å²) in [6, 6.07) is 5.95. The quantitative estimate of drug-likeness (QED) is 0.776. The summed E-state index contributed by atoms with van der Waals surface area (Å²) < 4.78 is 13.6. The van der Waals surface area contributed by atoms with Crippen molar-refractivity contribution < 1.29 is 9.18 Å². The van der Waals surface area contributed by atoms with Gasteiger partial charge in [0.05, 0.1) is 6.04 Å². The molecule has 0 bridgehead atoms. The van der Waals surface area contributed by atoms with E-state index < -0.39 is 6.04 Å². The Kier molecular flexibility index (Phi) is 8.46. The van der Waals surface area contributed by atoms with E-state index >= 15 is 0 Å². The van der Waals surface area contributed by atoms with Crippen LogP contribution in [0, 0.1) is 5.82 Å². The number of aromatic nitrogens is 2. The third-order valence-electron chi connectivity index (χ3n) is 2.97. The minimum absolute atomic E-state index is 0. The summed E-state index contributed by atoms with van der Waals surface area (Å²) in [6.07, 6.45) is 2.91. The van der Waals surface area contributed by atoms with Crippen LogP contribution in [0.15, 0.2) is 24.3 Å². The van der Waals surface area contributed by atoms with Crippen molar-refractivity contribution in [2.45, 2.75) is 18.9 Å². The molecule has 1 aromatic heterocycles. The number of benzene rings is 1. The fourth-order valence-corrected chi connectivity index (χ4v) is 3.01. The van der Waals surface area contributed by atoms with E-state index in [2.05, 4.69) is 15.5 Å². The Morgan fingerprint density at radius 2 is 2.17 bits per heavy atom. The second-order valence-corrected chi connectivity index (χ2v) is 6.69. The van der Waals surface area contributed by atoms with Crippen LogP contribution in [0.4, 0.5) is 9.52 Å². The maximum Gasteiger partial charge on any atom is 0.243 e. The monoisotopic (exact) mass is 376 g/mol. The molecular weight excluding hydrogens is 359 g/mol. The van der Waals surface area contributed by atoms with Crippen LogP contribution >= 0.6 is 35.5 Å². The fraction of sp³-hybridized carbons (Fsp3) is 0.357. The third kappa shape index (κ3) is 6.06. The third-order valence-corrected chi connectivity index (χ3v) is 4.45. The number of halogens is 2. The van der Waals surface area contributed by atoms with Gasteiger partial charge in [0.25, 0.3) is 0 Å². The lowest BCUT2D eigenvalue weighted by Crippen LogP contribution is -2.36. The molecule has 126 valence electrons. The van der Waals surface area contributed by atoms with E-state index in [9.17, 15) is 9.18 Å². The highest BCUT2D eigenvalue weighted by Crippen LogP contribution is 2.20. The number of hydrogen-bond acceptors (Lipinski definition) is 6. The van der Waals surface area contributed by atoms with Gasteiger partial charge in [0.15, 0.2) is 0 Å². The number of thioether (sulfide) groups is 1. The first-order valence-electron chi connectivity index (χ1n) is 6.71. The molecule has 5 nitrogen and oxygen atoms in total. The standard InChI is InChI=1S/C14H17FN4OS2.ClH/c1-21-7-6-11(16)13(20)17-14-19-18-12(22-14)8-9-4-2-3-5-10(9)15;/h2-5,11H,6-8,16H2,1H3,(H,17,19,20);1H/t11-;/m0./s1. The Labute approximate surface area is 148 Å².